The molecule has 0 aromatic carbocycles. The van der Waals surface area contributed by atoms with Crippen molar-refractivity contribution in [1.82, 2.24) is 20.2 Å². The summed E-state index contributed by atoms with van der Waals surface area (Å²) in [5, 5.41) is 8.73. The molecule has 3 rings (SSSR count). The van der Waals surface area contributed by atoms with E-state index in [9.17, 15) is 9.59 Å². The van der Waals surface area contributed by atoms with Crippen molar-refractivity contribution in [2.45, 2.75) is 25.8 Å². The van der Waals surface area contributed by atoms with E-state index in [4.69, 9.17) is 0 Å². The number of aryl methyl sites for hydroxylation is 1. The number of aromatic nitrogens is 2. The van der Waals surface area contributed by atoms with Gasteiger partial charge in [-0.05, 0) is 43.3 Å². The first-order valence-electron chi connectivity index (χ1n) is 7.64. The van der Waals surface area contributed by atoms with Crippen molar-refractivity contribution in [2.24, 2.45) is 5.92 Å². The smallest absolute Gasteiger partial charge is 0.262 e. The number of amides is 1. The van der Waals surface area contributed by atoms with Gasteiger partial charge in [0.15, 0.2) is 0 Å². The molecular formula is C15H20N4O2S. The molecule has 0 bridgehead atoms. The monoisotopic (exact) mass is 320 g/mol. The van der Waals surface area contributed by atoms with Crippen LogP contribution in [0.5, 0.6) is 0 Å². The summed E-state index contributed by atoms with van der Waals surface area (Å²) in [4.78, 5) is 29.0. The highest BCUT2D eigenvalue weighted by Crippen LogP contribution is 2.13. The first kappa shape index (κ1) is 15.2. The molecule has 1 saturated heterocycles. The van der Waals surface area contributed by atoms with Crippen molar-refractivity contribution < 1.29 is 4.79 Å². The number of thiophene rings is 1. The van der Waals surface area contributed by atoms with Crippen LogP contribution in [0.15, 0.2) is 22.6 Å². The first-order chi connectivity index (χ1) is 10.7. The Hall–Kier alpha value is -1.73. The van der Waals surface area contributed by atoms with Crippen LogP contribution in [-0.4, -0.2) is 35.1 Å². The predicted molar refractivity (Wildman–Crippen MR) is 87.1 cm³/mol. The van der Waals surface area contributed by atoms with Gasteiger partial charge in [0.2, 0.25) is 5.91 Å². The maximum absolute atomic E-state index is 12.2. The minimum atomic E-state index is -0.0731. The van der Waals surface area contributed by atoms with Crippen molar-refractivity contribution in [3.63, 3.8) is 0 Å². The molecule has 1 aliphatic rings. The number of carbonyl (C=O) groups is 1. The fourth-order valence-electron chi connectivity index (χ4n) is 2.74. The lowest BCUT2D eigenvalue weighted by atomic mass is 10.1. The van der Waals surface area contributed by atoms with E-state index in [0.717, 1.165) is 24.3 Å². The van der Waals surface area contributed by atoms with Crippen LogP contribution in [0.4, 0.5) is 0 Å². The van der Waals surface area contributed by atoms with Gasteiger partial charge >= 0.3 is 0 Å². The largest absolute Gasteiger partial charge is 0.356 e. The van der Waals surface area contributed by atoms with E-state index in [2.05, 4.69) is 15.6 Å². The summed E-state index contributed by atoms with van der Waals surface area (Å²) < 4.78 is 1.51. The summed E-state index contributed by atoms with van der Waals surface area (Å²) in [5.74, 6) is 0.663. The van der Waals surface area contributed by atoms with E-state index in [1.54, 1.807) is 6.07 Å². The number of carbonyl (C=O) groups excluding carboxylic acids is 1. The fourth-order valence-corrected chi connectivity index (χ4v) is 3.46. The Bertz CT molecular complexity index is 703. The van der Waals surface area contributed by atoms with Crippen molar-refractivity contribution >= 4 is 27.5 Å². The molecule has 0 radical (unpaired) electrons. The second kappa shape index (κ2) is 7.02. The third kappa shape index (κ3) is 3.53. The van der Waals surface area contributed by atoms with Crippen LogP contribution in [0.3, 0.4) is 0 Å². The molecule has 0 saturated carbocycles. The van der Waals surface area contributed by atoms with Gasteiger partial charge in [0.25, 0.3) is 5.56 Å². The van der Waals surface area contributed by atoms with Crippen LogP contribution in [0.2, 0.25) is 0 Å². The first-order valence-corrected chi connectivity index (χ1v) is 8.52. The molecule has 0 aliphatic carbocycles. The molecule has 6 nitrogen and oxygen atoms in total. The maximum atomic E-state index is 12.2. The molecule has 22 heavy (non-hydrogen) atoms. The number of hydrogen-bond acceptors (Lipinski definition) is 5. The molecule has 7 heteroatoms. The van der Waals surface area contributed by atoms with E-state index in [0.29, 0.717) is 30.8 Å². The van der Waals surface area contributed by atoms with Gasteiger partial charge in [0.05, 0.1) is 11.7 Å². The van der Waals surface area contributed by atoms with E-state index >= 15 is 0 Å². The summed E-state index contributed by atoms with van der Waals surface area (Å²) in [6.07, 6.45) is 4.04. The van der Waals surface area contributed by atoms with Gasteiger partial charge < -0.3 is 10.6 Å². The zero-order chi connectivity index (χ0) is 15.4. The predicted octanol–water partition coefficient (Wildman–Crippen LogP) is 0.964. The van der Waals surface area contributed by atoms with Gasteiger partial charge in [-0.15, -0.1) is 11.3 Å². The van der Waals surface area contributed by atoms with Crippen LogP contribution in [-0.2, 0) is 11.3 Å². The lowest BCUT2D eigenvalue weighted by Crippen LogP contribution is -2.29. The van der Waals surface area contributed by atoms with Crippen molar-refractivity contribution in [3.8, 4) is 0 Å². The van der Waals surface area contributed by atoms with Gasteiger partial charge in [-0.2, -0.15) is 0 Å². The Morgan fingerprint density at radius 2 is 2.45 bits per heavy atom. The minimum Gasteiger partial charge on any atom is -0.356 e. The number of nitrogens with zero attached hydrogens (tertiary/aromatic N) is 2. The Morgan fingerprint density at radius 3 is 3.27 bits per heavy atom. The number of fused-ring (bicyclic) bond motifs is 1. The highest BCUT2D eigenvalue weighted by atomic mass is 32.1. The van der Waals surface area contributed by atoms with E-state index in [1.807, 2.05) is 5.38 Å². The average Bonchev–Trinajstić information content (AvgIpc) is 3.17. The highest BCUT2D eigenvalue weighted by molar-refractivity contribution is 7.16. The molecule has 0 spiro atoms. The SMILES string of the molecule is O=C(CCn1cnc2sccc2c1=O)NCCC1CCNC1. The number of nitrogens with one attached hydrogen (secondary N) is 2. The van der Waals surface area contributed by atoms with Gasteiger partial charge in [-0.25, -0.2) is 4.98 Å². The van der Waals surface area contributed by atoms with Gasteiger partial charge in [-0.1, -0.05) is 0 Å². The standard InChI is InChI=1S/C15H20N4O2S/c20-13(17-6-2-11-1-5-16-9-11)3-7-19-10-18-14-12(15(19)21)4-8-22-14/h4,8,10-11,16H,1-3,5-7,9H2,(H,17,20). The molecule has 3 heterocycles. The van der Waals surface area contributed by atoms with E-state index in [-0.39, 0.29) is 11.5 Å². The molecule has 2 N–H and O–H groups in total. The highest BCUT2D eigenvalue weighted by Gasteiger charge is 2.14. The quantitative estimate of drug-likeness (QED) is 0.831. The zero-order valence-corrected chi connectivity index (χ0v) is 13.2. The van der Waals surface area contributed by atoms with Crippen molar-refractivity contribution in [3.05, 3.63) is 28.1 Å². The molecule has 1 fully saturated rings. The molecule has 1 aliphatic heterocycles. The Kier molecular flexibility index (Phi) is 4.84. The van der Waals surface area contributed by atoms with Crippen molar-refractivity contribution in [2.75, 3.05) is 19.6 Å². The fraction of sp³-hybridized carbons (Fsp3) is 0.533. The lowest BCUT2D eigenvalue weighted by Gasteiger charge is -2.10. The zero-order valence-electron chi connectivity index (χ0n) is 12.4. The maximum Gasteiger partial charge on any atom is 0.262 e. The van der Waals surface area contributed by atoms with Gasteiger partial charge in [-0.3, -0.25) is 14.2 Å². The Morgan fingerprint density at radius 1 is 1.55 bits per heavy atom. The van der Waals surface area contributed by atoms with Crippen LogP contribution in [0, 0.1) is 5.92 Å². The summed E-state index contributed by atoms with van der Waals surface area (Å²) in [6.45, 7) is 3.22. The summed E-state index contributed by atoms with van der Waals surface area (Å²) in [6, 6.07) is 1.78. The second-order valence-electron chi connectivity index (χ2n) is 5.63. The normalized spacial score (nSPS) is 17.9. The molecular weight excluding hydrogens is 300 g/mol. The van der Waals surface area contributed by atoms with Crippen molar-refractivity contribution in [1.29, 1.82) is 0 Å². The molecule has 2 aromatic heterocycles. The molecule has 2 aromatic rings. The van der Waals surface area contributed by atoms with Crippen LogP contribution < -0.4 is 16.2 Å². The van der Waals surface area contributed by atoms with E-state index < -0.39 is 0 Å². The van der Waals surface area contributed by atoms with Gasteiger partial charge in [0, 0.05) is 19.5 Å². The molecule has 1 atom stereocenters. The second-order valence-corrected chi connectivity index (χ2v) is 6.52. The third-order valence-electron chi connectivity index (χ3n) is 4.07. The Balaban J connectivity index is 1.47. The summed E-state index contributed by atoms with van der Waals surface area (Å²) >= 11 is 1.45. The minimum absolute atomic E-state index is 0.0109. The number of rotatable bonds is 6. The van der Waals surface area contributed by atoms with Crippen LogP contribution in [0.25, 0.3) is 10.2 Å². The third-order valence-corrected chi connectivity index (χ3v) is 4.89. The van der Waals surface area contributed by atoms with E-state index in [1.165, 1.54) is 28.7 Å². The molecule has 118 valence electrons. The summed E-state index contributed by atoms with van der Waals surface area (Å²) in [7, 11) is 0. The molecule has 1 unspecified atom stereocenters. The topological polar surface area (TPSA) is 76.0 Å². The summed E-state index contributed by atoms with van der Waals surface area (Å²) in [5.41, 5.74) is -0.0731. The van der Waals surface area contributed by atoms with Crippen LogP contribution in [0.1, 0.15) is 19.3 Å². The number of hydrogen-bond donors (Lipinski definition) is 2. The lowest BCUT2D eigenvalue weighted by molar-refractivity contribution is -0.121. The molecule has 1 amide bonds. The van der Waals surface area contributed by atoms with Gasteiger partial charge in [0.1, 0.15) is 4.83 Å². The Labute approximate surface area is 132 Å². The van der Waals surface area contributed by atoms with Crippen LogP contribution >= 0.6 is 11.3 Å². The average molecular weight is 320 g/mol.